The predicted molar refractivity (Wildman–Crippen MR) is 73.9 cm³/mol. The molecule has 0 unspecified atom stereocenters. The Hall–Kier alpha value is -0.680. The van der Waals surface area contributed by atoms with Gasteiger partial charge in [-0.25, -0.2) is 0 Å². The van der Waals surface area contributed by atoms with Crippen LogP contribution in [-0.4, -0.2) is 53.4 Å². The third-order valence-corrected chi connectivity index (χ3v) is 4.09. The van der Waals surface area contributed by atoms with Crippen LogP contribution in [0, 0.1) is 5.41 Å². The fourth-order valence-corrected chi connectivity index (χ4v) is 1.95. The van der Waals surface area contributed by atoms with Crippen LogP contribution in [0.2, 0.25) is 0 Å². The Morgan fingerprint density at radius 2 is 1.82 bits per heavy atom. The SMILES string of the molecule is CC(=O)N1CCN(CCC(C)(C)C(N)=S)CC1. The van der Waals surface area contributed by atoms with Crippen LogP contribution < -0.4 is 5.73 Å². The van der Waals surface area contributed by atoms with E-state index in [-0.39, 0.29) is 11.3 Å². The van der Waals surface area contributed by atoms with Crippen molar-refractivity contribution in [2.75, 3.05) is 32.7 Å². The Morgan fingerprint density at radius 3 is 2.24 bits per heavy atom. The average Bonchev–Trinajstić information content (AvgIpc) is 2.27. The quantitative estimate of drug-likeness (QED) is 0.759. The first kappa shape index (κ1) is 14.4. The van der Waals surface area contributed by atoms with Gasteiger partial charge in [0.2, 0.25) is 5.91 Å². The molecule has 98 valence electrons. The summed E-state index contributed by atoms with van der Waals surface area (Å²) in [5.41, 5.74) is 5.63. The van der Waals surface area contributed by atoms with Gasteiger partial charge >= 0.3 is 0 Å². The molecule has 0 aromatic heterocycles. The van der Waals surface area contributed by atoms with Gasteiger partial charge in [0.1, 0.15) is 0 Å². The molecule has 0 aromatic rings. The van der Waals surface area contributed by atoms with Crippen LogP contribution in [0.3, 0.4) is 0 Å². The third kappa shape index (κ3) is 4.24. The van der Waals surface area contributed by atoms with E-state index in [2.05, 4.69) is 18.7 Å². The van der Waals surface area contributed by atoms with Gasteiger partial charge in [0, 0.05) is 38.5 Å². The molecule has 4 nitrogen and oxygen atoms in total. The van der Waals surface area contributed by atoms with Crippen molar-refractivity contribution in [2.24, 2.45) is 11.1 Å². The molecule has 1 saturated heterocycles. The van der Waals surface area contributed by atoms with Crippen molar-refractivity contribution in [3.05, 3.63) is 0 Å². The van der Waals surface area contributed by atoms with Gasteiger partial charge in [-0.15, -0.1) is 0 Å². The van der Waals surface area contributed by atoms with Crippen molar-refractivity contribution in [2.45, 2.75) is 27.2 Å². The Balaban J connectivity index is 2.32. The Kier molecular flexibility index (Phi) is 4.89. The van der Waals surface area contributed by atoms with Gasteiger partial charge in [-0.1, -0.05) is 26.1 Å². The maximum Gasteiger partial charge on any atom is 0.219 e. The molecule has 0 bridgehead atoms. The van der Waals surface area contributed by atoms with Gasteiger partial charge < -0.3 is 10.6 Å². The second-order valence-corrected chi connectivity index (χ2v) is 5.79. The Morgan fingerprint density at radius 1 is 1.29 bits per heavy atom. The van der Waals surface area contributed by atoms with Crippen LogP contribution in [0.25, 0.3) is 0 Å². The number of hydrogen-bond donors (Lipinski definition) is 1. The first-order chi connectivity index (χ1) is 7.83. The molecule has 1 fully saturated rings. The van der Waals surface area contributed by atoms with Crippen molar-refractivity contribution in [3.63, 3.8) is 0 Å². The van der Waals surface area contributed by atoms with Gasteiger partial charge in [0.25, 0.3) is 0 Å². The normalized spacial score (nSPS) is 18.2. The zero-order valence-electron chi connectivity index (χ0n) is 11.0. The summed E-state index contributed by atoms with van der Waals surface area (Å²) in [5, 5.41) is 0. The van der Waals surface area contributed by atoms with Crippen molar-refractivity contribution in [3.8, 4) is 0 Å². The molecule has 1 aliphatic rings. The first-order valence-corrected chi connectivity index (χ1v) is 6.51. The lowest BCUT2D eigenvalue weighted by atomic mass is 9.89. The van der Waals surface area contributed by atoms with E-state index >= 15 is 0 Å². The fourth-order valence-electron chi connectivity index (χ4n) is 1.85. The third-order valence-electron chi connectivity index (χ3n) is 3.54. The number of piperazine rings is 1. The van der Waals surface area contributed by atoms with Crippen LogP contribution in [0.1, 0.15) is 27.2 Å². The van der Waals surface area contributed by atoms with Gasteiger partial charge in [-0.2, -0.15) is 0 Å². The minimum absolute atomic E-state index is 0.0763. The summed E-state index contributed by atoms with van der Waals surface area (Å²) in [4.78, 5) is 16.0. The molecule has 0 radical (unpaired) electrons. The van der Waals surface area contributed by atoms with Crippen LogP contribution >= 0.6 is 12.2 Å². The molecule has 0 atom stereocenters. The Bertz CT molecular complexity index is 296. The molecule has 0 spiro atoms. The lowest BCUT2D eigenvalue weighted by molar-refractivity contribution is -0.130. The molecule has 1 aliphatic heterocycles. The number of thiocarbonyl (C=S) groups is 1. The summed E-state index contributed by atoms with van der Waals surface area (Å²) in [5.74, 6) is 0.174. The lowest BCUT2D eigenvalue weighted by Gasteiger charge is -2.35. The lowest BCUT2D eigenvalue weighted by Crippen LogP contribution is -2.49. The van der Waals surface area contributed by atoms with E-state index < -0.39 is 0 Å². The number of hydrogen-bond acceptors (Lipinski definition) is 3. The second-order valence-electron chi connectivity index (χ2n) is 5.35. The van der Waals surface area contributed by atoms with Crippen molar-refractivity contribution in [1.82, 2.24) is 9.80 Å². The van der Waals surface area contributed by atoms with Crippen LogP contribution in [0.4, 0.5) is 0 Å². The van der Waals surface area contributed by atoms with Crippen LogP contribution in [0.5, 0.6) is 0 Å². The summed E-state index contributed by atoms with van der Waals surface area (Å²) in [6, 6.07) is 0. The van der Waals surface area contributed by atoms with Crippen LogP contribution in [0.15, 0.2) is 0 Å². The van der Waals surface area contributed by atoms with Gasteiger partial charge in [0.05, 0.1) is 4.99 Å². The molecule has 17 heavy (non-hydrogen) atoms. The molecule has 0 aromatic carbocycles. The van der Waals surface area contributed by atoms with E-state index in [1.807, 2.05) is 4.90 Å². The summed E-state index contributed by atoms with van der Waals surface area (Å²) < 4.78 is 0. The minimum Gasteiger partial charge on any atom is -0.393 e. The number of rotatable bonds is 4. The predicted octanol–water partition coefficient (Wildman–Crippen LogP) is 0.853. The Labute approximate surface area is 109 Å². The van der Waals surface area contributed by atoms with E-state index in [9.17, 15) is 4.79 Å². The molecule has 1 amide bonds. The van der Waals surface area contributed by atoms with E-state index in [1.165, 1.54) is 0 Å². The summed E-state index contributed by atoms with van der Waals surface area (Å²) in [7, 11) is 0. The number of carbonyl (C=O) groups excluding carboxylic acids is 1. The summed E-state index contributed by atoms with van der Waals surface area (Å²) >= 11 is 5.06. The van der Waals surface area contributed by atoms with Crippen molar-refractivity contribution >= 4 is 23.1 Å². The second kappa shape index (κ2) is 5.78. The highest BCUT2D eigenvalue weighted by Gasteiger charge is 2.24. The molecule has 2 N–H and O–H groups in total. The largest absolute Gasteiger partial charge is 0.393 e. The highest BCUT2D eigenvalue weighted by atomic mass is 32.1. The van der Waals surface area contributed by atoms with Crippen LogP contribution in [-0.2, 0) is 4.79 Å². The van der Waals surface area contributed by atoms with Gasteiger partial charge in [-0.3, -0.25) is 9.69 Å². The van der Waals surface area contributed by atoms with E-state index in [4.69, 9.17) is 18.0 Å². The molecule has 5 heteroatoms. The molecular weight excluding hydrogens is 234 g/mol. The highest BCUT2D eigenvalue weighted by molar-refractivity contribution is 7.80. The van der Waals surface area contributed by atoms with Gasteiger partial charge in [0.15, 0.2) is 0 Å². The number of nitrogens with two attached hydrogens (primary N) is 1. The molecule has 0 aliphatic carbocycles. The molecule has 1 rings (SSSR count). The number of carbonyl (C=O) groups is 1. The summed E-state index contributed by atoms with van der Waals surface area (Å²) in [6.45, 7) is 10.4. The standard InChI is InChI=1S/C12H23N3OS/c1-10(16)15-8-6-14(7-9-15)5-4-12(2,3)11(13)17/h4-9H2,1-3H3,(H2,13,17). The smallest absolute Gasteiger partial charge is 0.219 e. The molecule has 0 saturated carbocycles. The zero-order valence-corrected chi connectivity index (χ0v) is 11.8. The average molecular weight is 257 g/mol. The van der Waals surface area contributed by atoms with Crippen molar-refractivity contribution < 1.29 is 4.79 Å². The monoisotopic (exact) mass is 257 g/mol. The zero-order chi connectivity index (χ0) is 13.1. The molecule has 1 heterocycles. The van der Waals surface area contributed by atoms with E-state index in [0.29, 0.717) is 4.99 Å². The maximum absolute atomic E-state index is 11.2. The molecular formula is C12H23N3OS. The van der Waals surface area contributed by atoms with Crippen molar-refractivity contribution in [1.29, 1.82) is 0 Å². The topological polar surface area (TPSA) is 49.6 Å². The minimum atomic E-state index is -0.0763. The van der Waals surface area contributed by atoms with E-state index in [1.54, 1.807) is 6.92 Å². The fraction of sp³-hybridized carbons (Fsp3) is 0.833. The van der Waals surface area contributed by atoms with Gasteiger partial charge in [-0.05, 0) is 13.0 Å². The number of amides is 1. The summed E-state index contributed by atoms with van der Waals surface area (Å²) in [6.07, 6.45) is 0.975. The maximum atomic E-state index is 11.2. The highest BCUT2D eigenvalue weighted by Crippen LogP contribution is 2.21. The number of nitrogens with zero attached hydrogens (tertiary/aromatic N) is 2. The van der Waals surface area contributed by atoms with E-state index in [0.717, 1.165) is 39.1 Å². The first-order valence-electron chi connectivity index (χ1n) is 6.11.